The zero-order valence-corrected chi connectivity index (χ0v) is 13.9. The van der Waals surface area contributed by atoms with E-state index < -0.39 is 0 Å². The maximum absolute atomic E-state index is 13.0. The van der Waals surface area contributed by atoms with E-state index in [2.05, 4.69) is 15.6 Å². The van der Waals surface area contributed by atoms with Crippen LogP contribution in [0.3, 0.4) is 0 Å². The summed E-state index contributed by atoms with van der Waals surface area (Å²) in [5.41, 5.74) is 0.973. The fourth-order valence-corrected chi connectivity index (χ4v) is 3.26. The van der Waals surface area contributed by atoms with E-state index in [4.69, 9.17) is 0 Å². The van der Waals surface area contributed by atoms with E-state index in [0.717, 1.165) is 25.8 Å². The van der Waals surface area contributed by atoms with Crippen molar-refractivity contribution in [2.24, 2.45) is 5.92 Å². The third-order valence-electron chi connectivity index (χ3n) is 4.62. The summed E-state index contributed by atoms with van der Waals surface area (Å²) in [4.78, 5) is 27.5. The van der Waals surface area contributed by atoms with Gasteiger partial charge in [-0.1, -0.05) is 12.5 Å². The van der Waals surface area contributed by atoms with Gasteiger partial charge in [0.05, 0.1) is 5.92 Å². The molecule has 1 aromatic heterocycles. The highest BCUT2D eigenvalue weighted by molar-refractivity contribution is 5.93. The number of pyridine rings is 1. The molecule has 132 valence electrons. The van der Waals surface area contributed by atoms with Crippen molar-refractivity contribution in [1.82, 2.24) is 10.3 Å². The summed E-state index contributed by atoms with van der Waals surface area (Å²) in [6, 6.07) is 9.23. The van der Waals surface area contributed by atoms with Crippen molar-refractivity contribution in [2.45, 2.75) is 31.7 Å². The molecule has 3 rings (SSSR count). The molecule has 2 aromatic rings. The minimum absolute atomic E-state index is 0.0220. The molecule has 1 aromatic carbocycles. The molecule has 1 amide bonds. The van der Waals surface area contributed by atoms with Crippen LogP contribution in [0.1, 0.15) is 24.8 Å². The molecular weight excluding hydrogens is 321 g/mol. The number of anilines is 1. The molecular formula is C19H22FN3O2. The third-order valence-corrected chi connectivity index (χ3v) is 4.62. The summed E-state index contributed by atoms with van der Waals surface area (Å²) in [5.74, 6) is -0.873. The second-order valence-corrected chi connectivity index (χ2v) is 6.39. The van der Waals surface area contributed by atoms with Gasteiger partial charge in [-0.2, -0.15) is 0 Å². The van der Waals surface area contributed by atoms with Crippen molar-refractivity contribution in [3.8, 4) is 0 Å². The number of hydrogen-bond acceptors (Lipinski definition) is 3. The summed E-state index contributed by atoms with van der Waals surface area (Å²) >= 11 is 0. The van der Waals surface area contributed by atoms with Gasteiger partial charge >= 0.3 is 0 Å². The van der Waals surface area contributed by atoms with E-state index in [1.54, 1.807) is 18.3 Å². The van der Waals surface area contributed by atoms with Gasteiger partial charge in [-0.05, 0) is 56.1 Å². The molecule has 3 N–H and O–H groups in total. The largest absolute Gasteiger partial charge is 0.329 e. The van der Waals surface area contributed by atoms with Gasteiger partial charge in [-0.3, -0.25) is 9.59 Å². The van der Waals surface area contributed by atoms with Gasteiger partial charge in [-0.15, -0.1) is 0 Å². The lowest BCUT2D eigenvalue weighted by molar-refractivity contribution is -0.121. The highest BCUT2D eigenvalue weighted by Gasteiger charge is 2.30. The van der Waals surface area contributed by atoms with Crippen LogP contribution in [0.25, 0.3) is 0 Å². The molecule has 5 nitrogen and oxygen atoms in total. The summed E-state index contributed by atoms with van der Waals surface area (Å²) in [7, 11) is 0. The zero-order valence-electron chi connectivity index (χ0n) is 13.9. The normalized spacial score (nSPS) is 18.5. The average Bonchev–Trinajstić information content (AvgIpc) is 2.63. The van der Waals surface area contributed by atoms with Crippen LogP contribution in [0.15, 0.2) is 47.4 Å². The topological polar surface area (TPSA) is 74.0 Å². The minimum atomic E-state index is -0.367. The van der Waals surface area contributed by atoms with Crippen molar-refractivity contribution in [3.63, 3.8) is 0 Å². The smallest absolute Gasteiger partial charge is 0.251 e. The highest BCUT2D eigenvalue weighted by atomic mass is 19.1. The number of carbonyl (C=O) groups excluding carboxylic acids is 1. The second kappa shape index (κ2) is 8.07. The number of benzene rings is 1. The van der Waals surface area contributed by atoms with E-state index in [-0.39, 0.29) is 29.2 Å². The third kappa shape index (κ3) is 4.54. The molecule has 1 fully saturated rings. The second-order valence-electron chi connectivity index (χ2n) is 6.39. The van der Waals surface area contributed by atoms with Gasteiger partial charge in [0.2, 0.25) is 5.91 Å². The first kappa shape index (κ1) is 17.4. The van der Waals surface area contributed by atoms with Gasteiger partial charge in [0.1, 0.15) is 5.82 Å². The van der Waals surface area contributed by atoms with E-state index in [9.17, 15) is 14.0 Å². The first-order chi connectivity index (χ1) is 12.1. The molecule has 0 aliphatic carbocycles. The number of hydrogen-bond donors (Lipinski definition) is 3. The first-order valence-corrected chi connectivity index (χ1v) is 8.60. The average molecular weight is 343 g/mol. The van der Waals surface area contributed by atoms with E-state index in [1.807, 2.05) is 0 Å². The Labute approximate surface area is 145 Å². The highest BCUT2D eigenvalue weighted by Crippen LogP contribution is 2.21. The lowest BCUT2D eigenvalue weighted by atomic mass is 9.86. The van der Waals surface area contributed by atoms with Crippen molar-refractivity contribution in [1.29, 1.82) is 0 Å². The molecule has 25 heavy (non-hydrogen) atoms. The van der Waals surface area contributed by atoms with Crippen LogP contribution in [0.2, 0.25) is 0 Å². The molecule has 0 radical (unpaired) electrons. The number of amides is 1. The fraction of sp³-hybridized carbons (Fsp3) is 0.368. The van der Waals surface area contributed by atoms with E-state index in [0.29, 0.717) is 17.7 Å². The van der Waals surface area contributed by atoms with Crippen LogP contribution in [-0.4, -0.2) is 23.5 Å². The van der Waals surface area contributed by atoms with Crippen LogP contribution < -0.4 is 16.2 Å². The SMILES string of the molecule is O=C(Nc1ccc(F)cc1)C(Cc1ccc[nH]c1=O)C1CCCCN1. The number of nitrogens with one attached hydrogen (secondary N) is 3. The Kier molecular flexibility index (Phi) is 5.60. The number of aromatic amines is 1. The summed E-state index contributed by atoms with van der Waals surface area (Å²) < 4.78 is 13.0. The van der Waals surface area contributed by atoms with Crippen LogP contribution in [-0.2, 0) is 11.2 Å². The molecule has 2 unspecified atom stereocenters. The molecule has 0 spiro atoms. The van der Waals surface area contributed by atoms with Gasteiger partial charge in [-0.25, -0.2) is 4.39 Å². The zero-order chi connectivity index (χ0) is 17.6. The Balaban J connectivity index is 1.79. The van der Waals surface area contributed by atoms with Crippen molar-refractivity contribution >= 4 is 11.6 Å². The number of H-pyrrole nitrogens is 1. The predicted octanol–water partition coefficient (Wildman–Crippen LogP) is 2.45. The Morgan fingerprint density at radius 3 is 2.72 bits per heavy atom. The number of rotatable bonds is 5. The van der Waals surface area contributed by atoms with Crippen molar-refractivity contribution < 1.29 is 9.18 Å². The van der Waals surface area contributed by atoms with Crippen LogP contribution >= 0.6 is 0 Å². The standard InChI is InChI=1S/C19H22FN3O2/c20-14-6-8-15(9-7-14)23-19(25)16(17-5-1-2-10-21-17)12-13-4-3-11-22-18(13)24/h3-4,6-9,11,16-17,21H,1-2,5,10,12H2,(H,22,24)(H,23,25). The monoisotopic (exact) mass is 343 g/mol. The molecule has 0 bridgehead atoms. The van der Waals surface area contributed by atoms with Crippen LogP contribution in [0.5, 0.6) is 0 Å². The van der Waals surface area contributed by atoms with Crippen molar-refractivity contribution in [2.75, 3.05) is 11.9 Å². The Hall–Kier alpha value is -2.47. The molecule has 1 saturated heterocycles. The molecule has 2 atom stereocenters. The molecule has 0 saturated carbocycles. The Morgan fingerprint density at radius 1 is 1.24 bits per heavy atom. The lowest BCUT2D eigenvalue weighted by Crippen LogP contribution is -2.46. The van der Waals surface area contributed by atoms with E-state index in [1.165, 1.54) is 24.3 Å². The molecule has 6 heteroatoms. The first-order valence-electron chi connectivity index (χ1n) is 8.60. The minimum Gasteiger partial charge on any atom is -0.329 e. The van der Waals surface area contributed by atoms with Crippen molar-refractivity contribution in [3.05, 3.63) is 64.3 Å². The predicted molar refractivity (Wildman–Crippen MR) is 94.9 cm³/mol. The van der Waals surface area contributed by atoms with E-state index >= 15 is 0 Å². The lowest BCUT2D eigenvalue weighted by Gasteiger charge is -2.30. The summed E-state index contributed by atoms with van der Waals surface area (Å²) in [6.45, 7) is 0.871. The molecule has 1 aliphatic heterocycles. The van der Waals surface area contributed by atoms with Gasteiger partial charge in [0.15, 0.2) is 0 Å². The summed E-state index contributed by atoms with van der Waals surface area (Å²) in [6.07, 6.45) is 4.99. The quantitative estimate of drug-likeness (QED) is 0.781. The fourth-order valence-electron chi connectivity index (χ4n) is 3.26. The molecule has 2 heterocycles. The van der Waals surface area contributed by atoms with Crippen LogP contribution in [0.4, 0.5) is 10.1 Å². The maximum Gasteiger partial charge on any atom is 0.251 e. The van der Waals surface area contributed by atoms with Gasteiger partial charge in [0.25, 0.3) is 5.56 Å². The number of piperidine rings is 1. The van der Waals surface area contributed by atoms with Gasteiger partial charge < -0.3 is 15.6 Å². The Morgan fingerprint density at radius 2 is 2.04 bits per heavy atom. The number of halogens is 1. The number of aromatic nitrogens is 1. The maximum atomic E-state index is 13.0. The van der Waals surface area contributed by atoms with Crippen LogP contribution in [0, 0.1) is 11.7 Å². The number of carbonyl (C=O) groups is 1. The molecule has 1 aliphatic rings. The van der Waals surface area contributed by atoms with Gasteiger partial charge in [0, 0.05) is 23.5 Å². The Bertz CT molecular complexity index is 767. The summed E-state index contributed by atoms with van der Waals surface area (Å²) in [5, 5.41) is 6.25.